The maximum atomic E-state index is 12.5. The highest BCUT2D eigenvalue weighted by molar-refractivity contribution is 5.98. The zero-order valence-corrected chi connectivity index (χ0v) is 12.9. The highest BCUT2D eigenvalue weighted by Gasteiger charge is 2.26. The molecule has 1 aliphatic rings. The summed E-state index contributed by atoms with van der Waals surface area (Å²) in [5, 5.41) is 1.01. The zero-order valence-electron chi connectivity index (χ0n) is 12.9. The molecular formula is C17H22N2O2. The lowest BCUT2D eigenvalue weighted by Crippen LogP contribution is -2.50. The van der Waals surface area contributed by atoms with Crippen molar-refractivity contribution in [3.63, 3.8) is 0 Å². The molecule has 0 amide bonds. The number of ketones is 1. The standard InChI is InChI=1S/C17H22N2O2/c1-12-5-4-6-13-9-16(21-17(12)13)15(20)10-14-11-18(2)7-8-19(14)3/h4-6,9,14H,7-8,10-11H2,1-3H3. The van der Waals surface area contributed by atoms with E-state index in [0.29, 0.717) is 12.2 Å². The van der Waals surface area contributed by atoms with E-state index >= 15 is 0 Å². The van der Waals surface area contributed by atoms with Crippen LogP contribution in [0.15, 0.2) is 28.7 Å². The number of piperazine rings is 1. The molecule has 1 fully saturated rings. The maximum absolute atomic E-state index is 12.5. The average molecular weight is 286 g/mol. The van der Waals surface area contributed by atoms with Gasteiger partial charge in [0.05, 0.1) is 0 Å². The number of rotatable bonds is 3. The fourth-order valence-corrected chi connectivity index (χ4v) is 2.98. The molecule has 4 heteroatoms. The number of para-hydroxylation sites is 1. The average Bonchev–Trinajstić information content (AvgIpc) is 2.88. The molecule has 1 unspecified atom stereocenters. The van der Waals surface area contributed by atoms with Crippen molar-refractivity contribution in [3.8, 4) is 0 Å². The Morgan fingerprint density at radius 3 is 2.90 bits per heavy atom. The summed E-state index contributed by atoms with van der Waals surface area (Å²) in [5.74, 6) is 0.582. The summed E-state index contributed by atoms with van der Waals surface area (Å²) in [6.07, 6.45) is 0.514. The van der Waals surface area contributed by atoms with Crippen LogP contribution < -0.4 is 0 Å². The van der Waals surface area contributed by atoms with E-state index < -0.39 is 0 Å². The van der Waals surface area contributed by atoms with E-state index in [0.717, 1.165) is 36.2 Å². The van der Waals surface area contributed by atoms with Crippen LogP contribution in [-0.2, 0) is 0 Å². The lowest BCUT2D eigenvalue weighted by Gasteiger charge is -2.37. The third kappa shape index (κ3) is 2.87. The summed E-state index contributed by atoms with van der Waals surface area (Å²) in [6.45, 7) is 5.00. The van der Waals surface area contributed by atoms with Crippen molar-refractivity contribution in [1.82, 2.24) is 9.80 Å². The van der Waals surface area contributed by atoms with Crippen LogP contribution >= 0.6 is 0 Å². The van der Waals surface area contributed by atoms with Crippen molar-refractivity contribution < 1.29 is 9.21 Å². The third-order valence-electron chi connectivity index (χ3n) is 4.42. The SMILES string of the molecule is Cc1cccc2cc(C(=O)CC3CN(C)CCN3C)oc12. The van der Waals surface area contributed by atoms with Crippen LogP contribution in [0.3, 0.4) is 0 Å². The van der Waals surface area contributed by atoms with E-state index in [2.05, 4.69) is 23.9 Å². The molecule has 1 aromatic carbocycles. The van der Waals surface area contributed by atoms with Crippen molar-refractivity contribution in [3.05, 3.63) is 35.6 Å². The highest BCUT2D eigenvalue weighted by Crippen LogP contribution is 2.24. The second-order valence-corrected chi connectivity index (χ2v) is 6.13. The number of aryl methyl sites for hydroxylation is 1. The monoisotopic (exact) mass is 286 g/mol. The molecule has 0 spiro atoms. The Labute approximate surface area is 125 Å². The highest BCUT2D eigenvalue weighted by atomic mass is 16.3. The first-order valence-corrected chi connectivity index (χ1v) is 7.46. The predicted molar refractivity (Wildman–Crippen MR) is 83.8 cm³/mol. The van der Waals surface area contributed by atoms with Crippen molar-refractivity contribution in [2.24, 2.45) is 0 Å². The van der Waals surface area contributed by atoms with Crippen LogP contribution in [0, 0.1) is 6.92 Å². The summed E-state index contributed by atoms with van der Waals surface area (Å²) >= 11 is 0. The van der Waals surface area contributed by atoms with Crippen molar-refractivity contribution in [2.45, 2.75) is 19.4 Å². The fourth-order valence-electron chi connectivity index (χ4n) is 2.98. The summed E-state index contributed by atoms with van der Waals surface area (Å²) < 4.78 is 5.78. The molecule has 4 nitrogen and oxygen atoms in total. The van der Waals surface area contributed by atoms with Crippen LogP contribution in [0.25, 0.3) is 11.0 Å². The molecule has 112 valence electrons. The Kier molecular flexibility index (Phi) is 3.83. The molecular weight excluding hydrogens is 264 g/mol. The number of hydrogen-bond acceptors (Lipinski definition) is 4. The second kappa shape index (κ2) is 5.62. The van der Waals surface area contributed by atoms with E-state index in [1.54, 1.807) is 0 Å². The number of Topliss-reactive ketones (excluding diaryl/α,β-unsaturated/α-hetero) is 1. The molecule has 1 atom stereocenters. The number of furan rings is 1. The first-order valence-electron chi connectivity index (χ1n) is 7.46. The first-order chi connectivity index (χ1) is 10.0. The third-order valence-corrected chi connectivity index (χ3v) is 4.42. The van der Waals surface area contributed by atoms with Gasteiger partial charge in [-0.15, -0.1) is 0 Å². The molecule has 2 aromatic rings. The smallest absolute Gasteiger partial charge is 0.199 e. The van der Waals surface area contributed by atoms with Gasteiger partial charge in [0.15, 0.2) is 11.5 Å². The minimum atomic E-state index is 0.0951. The molecule has 0 bridgehead atoms. The fraction of sp³-hybridized carbons (Fsp3) is 0.471. The number of likely N-dealkylation sites (N-methyl/N-ethyl adjacent to an activating group) is 2. The van der Waals surface area contributed by atoms with Gasteiger partial charge < -0.3 is 14.2 Å². The minimum Gasteiger partial charge on any atom is -0.453 e. The van der Waals surface area contributed by atoms with Gasteiger partial charge in [-0.05, 0) is 32.6 Å². The van der Waals surface area contributed by atoms with Gasteiger partial charge >= 0.3 is 0 Å². The van der Waals surface area contributed by atoms with Crippen LogP contribution in [0.2, 0.25) is 0 Å². The first kappa shape index (κ1) is 14.3. The van der Waals surface area contributed by atoms with Gasteiger partial charge in [-0.3, -0.25) is 4.79 Å². The second-order valence-electron chi connectivity index (χ2n) is 6.13. The Morgan fingerprint density at radius 2 is 2.14 bits per heavy atom. The van der Waals surface area contributed by atoms with Gasteiger partial charge in [-0.1, -0.05) is 18.2 Å². The van der Waals surface area contributed by atoms with Crippen molar-refractivity contribution in [2.75, 3.05) is 33.7 Å². The molecule has 0 radical (unpaired) electrons. The number of benzene rings is 1. The number of carbonyl (C=O) groups is 1. The van der Waals surface area contributed by atoms with E-state index in [1.807, 2.05) is 31.2 Å². The molecule has 1 aromatic heterocycles. The Morgan fingerprint density at radius 1 is 1.33 bits per heavy atom. The van der Waals surface area contributed by atoms with Crippen LogP contribution in [0.4, 0.5) is 0 Å². The number of carbonyl (C=O) groups excluding carboxylic acids is 1. The number of hydrogen-bond donors (Lipinski definition) is 0. The predicted octanol–water partition coefficient (Wildman–Crippen LogP) is 2.56. The molecule has 21 heavy (non-hydrogen) atoms. The quantitative estimate of drug-likeness (QED) is 0.813. The largest absolute Gasteiger partial charge is 0.453 e. The summed E-state index contributed by atoms with van der Waals surface area (Å²) in [5.41, 5.74) is 1.90. The normalized spacial score (nSPS) is 21.0. The zero-order chi connectivity index (χ0) is 15.0. The summed E-state index contributed by atoms with van der Waals surface area (Å²) in [7, 11) is 4.20. The van der Waals surface area contributed by atoms with Gasteiger partial charge in [-0.25, -0.2) is 0 Å². The van der Waals surface area contributed by atoms with Crippen LogP contribution in [-0.4, -0.2) is 55.4 Å². The van der Waals surface area contributed by atoms with Crippen LogP contribution in [0.5, 0.6) is 0 Å². The van der Waals surface area contributed by atoms with Gasteiger partial charge in [-0.2, -0.15) is 0 Å². The van der Waals surface area contributed by atoms with E-state index in [4.69, 9.17) is 4.42 Å². The van der Waals surface area contributed by atoms with Gasteiger partial charge in [0.2, 0.25) is 0 Å². The molecule has 0 saturated carbocycles. The van der Waals surface area contributed by atoms with Crippen molar-refractivity contribution >= 4 is 16.8 Å². The van der Waals surface area contributed by atoms with Gasteiger partial charge in [0.1, 0.15) is 5.58 Å². The Balaban J connectivity index is 1.79. The molecule has 1 aliphatic heterocycles. The van der Waals surface area contributed by atoms with Gasteiger partial charge in [0.25, 0.3) is 0 Å². The number of nitrogens with zero attached hydrogens (tertiary/aromatic N) is 2. The molecule has 0 N–H and O–H groups in total. The molecule has 0 aliphatic carbocycles. The minimum absolute atomic E-state index is 0.0951. The lowest BCUT2D eigenvalue weighted by atomic mass is 10.0. The molecule has 1 saturated heterocycles. The van der Waals surface area contributed by atoms with E-state index in [9.17, 15) is 4.79 Å². The summed E-state index contributed by atoms with van der Waals surface area (Å²) in [4.78, 5) is 17.1. The summed E-state index contributed by atoms with van der Waals surface area (Å²) in [6, 6.07) is 8.13. The Hall–Kier alpha value is -1.65. The van der Waals surface area contributed by atoms with Crippen molar-refractivity contribution in [1.29, 1.82) is 0 Å². The number of fused-ring (bicyclic) bond motifs is 1. The topological polar surface area (TPSA) is 36.7 Å². The van der Waals surface area contributed by atoms with Crippen LogP contribution in [0.1, 0.15) is 22.5 Å². The van der Waals surface area contributed by atoms with E-state index in [-0.39, 0.29) is 11.8 Å². The molecule has 2 heterocycles. The van der Waals surface area contributed by atoms with E-state index in [1.165, 1.54) is 0 Å². The molecule has 3 rings (SSSR count). The Bertz CT molecular complexity index is 662. The van der Waals surface area contributed by atoms with Gasteiger partial charge in [0, 0.05) is 37.5 Å². The maximum Gasteiger partial charge on any atom is 0.199 e. The lowest BCUT2D eigenvalue weighted by molar-refractivity contribution is 0.0789.